The molecule has 0 saturated carbocycles. The second-order valence-electron chi connectivity index (χ2n) is 4.70. The second-order valence-corrected chi connectivity index (χ2v) is 5.46. The summed E-state index contributed by atoms with van der Waals surface area (Å²) in [6.07, 6.45) is 1.01. The lowest BCUT2D eigenvalue weighted by molar-refractivity contribution is 0.0528. The predicted octanol–water partition coefficient (Wildman–Crippen LogP) is 1.68. The number of esters is 1. The molecule has 0 radical (unpaired) electrons. The molecule has 0 aliphatic heterocycles. The van der Waals surface area contributed by atoms with E-state index >= 15 is 0 Å². The van der Waals surface area contributed by atoms with Crippen LogP contribution in [-0.2, 0) is 4.74 Å². The Morgan fingerprint density at radius 1 is 1.35 bits per heavy atom. The molecule has 0 aliphatic carbocycles. The highest BCUT2D eigenvalue weighted by Crippen LogP contribution is 2.31. The minimum Gasteiger partial charge on any atom is -0.462 e. The van der Waals surface area contributed by atoms with Crippen molar-refractivity contribution in [2.45, 2.75) is 20.3 Å². The average molecular weight is 300 g/mol. The topological polar surface area (TPSA) is 71.7 Å². The van der Waals surface area contributed by atoms with Crippen LogP contribution in [0.1, 0.15) is 30.6 Å². The van der Waals surface area contributed by atoms with Crippen LogP contribution in [0.3, 0.4) is 0 Å². The zero-order valence-electron chi connectivity index (χ0n) is 12.7. The predicted molar refractivity (Wildman–Crippen MR) is 83.5 cm³/mol. The molecule has 0 atom stereocenters. The fourth-order valence-electron chi connectivity index (χ4n) is 1.89. The summed E-state index contributed by atoms with van der Waals surface area (Å²) in [5.41, 5.74) is 6.21. The number of carbonyl (C=O) groups is 1. The van der Waals surface area contributed by atoms with Crippen LogP contribution in [0, 0.1) is 0 Å². The second kappa shape index (κ2) is 8.06. The summed E-state index contributed by atoms with van der Waals surface area (Å²) < 4.78 is 9.16. The minimum absolute atomic E-state index is 0.259. The largest absolute Gasteiger partial charge is 0.462 e. The molecule has 0 saturated heterocycles. The molecule has 6 nitrogen and oxygen atoms in total. The monoisotopic (exact) mass is 300 g/mol. The molecular formula is C13H24N4O2S. The van der Waals surface area contributed by atoms with Crippen molar-refractivity contribution in [1.29, 1.82) is 0 Å². The third kappa shape index (κ3) is 4.35. The van der Waals surface area contributed by atoms with Crippen LogP contribution in [-0.4, -0.2) is 55.6 Å². The third-order valence-corrected chi connectivity index (χ3v) is 3.81. The summed E-state index contributed by atoms with van der Waals surface area (Å²) in [6, 6.07) is 0. The standard InChI is InChI=1S/C13H24N4O2S/c1-5-17(9-7-8-16(3)4)12-10(11(14)15-20-12)13(18)19-6-2/h5-9H2,1-4H3,(H2,14,15). The molecular weight excluding hydrogens is 276 g/mol. The molecule has 0 unspecified atom stereocenters. The highest BCUT2D eigenvalue weighted by molar-refractivity contribution is 7.11. The van der Waals surface area contributed by atoms with Crippen molar-refractivity contribution in [3.8, 4) is 0 Å². The lowest BCUT2D eigenvalue weighted by Gasteiger charge is -2.22. The lowest BCUT2D eigenvalue weighted by atomic mass is 10.2. The van der Waals surface area contributed by atoms with E-state index in [-0.39, 0.29) is 11.8 Å². The number of aromatic nitrogens is 1. The van der Waals surface area contributed by atoms with E-state index in [1.165, 1.54) is 11.5 Å². The Bertz CT molecular complexity index is 434. The molecule has 0 amide bonds. The van der Waals surface area contributed by atoms with Gasteiger partial charge in [0, 0.05) is 13.1 Å². The van der Waals surface area contributed by atoms with E-state index in [1.54, 1.807) is 6.92 Å². The van der Waals surface area contributed by atoms with Crippen molar-refractivity contribution < 1.29 is 9.53 Å². The number of carbonyl (C=O) groups excluding carboxylic acids is 1. The average Bonchev–Trinajstić information content (AvgIpc) is 2.76. The van der Waals surface area contributed by atoms with E-state index in [0.717, 1.165) is 31.1 Å². The van der Waals surface area contributed by atoms with Gasteiger partial charge in [-0.05, 0) is 52.4 Å². The molecule has 0 bridgehead atoms. The summed E-state index contributed by atoms with van der Waals surface area (Å²) in [6.45, 7) is 6.84. The zero-order valence-corrected chi connectivity index (χ0v) is 13.5. The normalized spacial score (nSPS) is 10.8. The number of hydrogen-bond donors (Lipinski definition) is 1. The van der Waals surface area contributed by atoms with Crippen molar-refractivity contribution in [3.63, 3.8) is 0 Å². The van der Waals surface area contributed by atoms with Crippen molar-refractivity contribution >= 4 is 28.3 Å². The van der Waals surface area contributed by atoms with Gasteiger partial charge in [0.15, 0.2) is 5.82 Å². The van der Waals surface area contributed by atoms with E-state index in [4.69, 9.17) is 10.5 Å². The van der Waals surface area contributed by atoms with Gasteiger partial charge in [-0.2, -0.15) is 4.37 Å². The smallest absolute Gasteiger partial charge is 0.345 e. The molecule has 0 fully saturated rings. The molecule has 1 aromatic heterocycles. The number of rotatable bonds is 8. The van der Waals surface area contributed by atoms with Crippen molar-refractivity contribution in [2.75, 3.05) is 51.0 Å². The number of nitrogens with zero attached hydrogens (tertiary/aromatic N) is 3. The van der Waals surface area contributed by atoms with Gasteiger partial charge in [0.05, 0.1) is 6.61 Å². The molecule has 20 heavy (non-hydrogen) atoms. The molecule has 114 valence electrons. The van der Waals surface area contributed by atoms with Crippen LogP contribution in [0.25, 0.3) is 0 Å². The van der Waals surface area contributed by atoms with Gasteiger partial charge in [-0.1, -0.05) is 0 Å². The first-order chi connectivity index (χ1) is 9.51. The van der Waals surface area contributed by atoms with E-state index in [0.29, 0.717) is 12.2 Å². The maximum absolute atomic E-state index is 12.0. The van der Waals surface area contributed by atoms with Crippen molar-refractivity contribution in [3.05, 3.63) is 5.56 Å². The van der Waals surface area contributed by atoms with Crippen LogP contribution in [0.4, 0.5) is 10.8 Å². The number of ether oxygens (including phenoxy) is 1. The Hall–Kier alpha value is -1.34. The number of nitrogens with two attached hydrogens (primary N) is 1. The Labute approximate surface area is 124 Å². The summed E-state index contributed by atoms with van der Waals surface area (Å²) in [5.74, 6) is -0.130. The highest BCUT2D eigenvalue weighted by atomic mass is 32.1. The Morgan fingerprint density at radius 2 is 2.05 bits per heavy atom. The fourth-order valence-corrected chi connectivity index (χ4v) is 2.78. The van der Waals surface area contributed by atoms with Crippen LogP contribution in [0.5, 0.6) is 0 Å². The molecule has 0 spiro atoms. The maximum Gasteiger partial charge on any atom is 0.345 e. The first kappa shape index (κ1) is 16.7. The Kier molecular flexibility index (Phi) is 6.74. The quantitative estimate of drug-likeness (QED) is 0.737. The minimum atomic E-state index is -0.389. The number of nitrogen functional groups attached to an aromatic ring is 1. The van der Waals surface area contributed by atoms with Gasteiger partial charge in [0.2, 0.25) is 0 Å². The SMILES string of the molecule is CCOC(=O)c1c(N)nsc1N(CC)CCCN(C)C. The maximum atomic E-state index is 12.0. The van der Waals surface area contributed by atoms with E-state index in [2.05, 4.69) is 21.1 Å². The number of hydrogen-bond acceptors (Lipinski definition) is 7. The van der Waals surface area contributed by atoms with Gasteiger partial charge in [0.1, 0.15) is 10.6 Å². The molecule has 7 heteroatoms. The lowest BCUT2D eigenvalue weighted by Crippen LogP contribution is -2.27. The van der Waals surface area contributed by atoms with Gasteiger partial charge in [-0.25, -0.2) is 4.79 Å². The summed E-state index contributed by atoms with van der Waals surface area (Å²) in [5, 5.41) is 0.808. The van der Waals surface area contributed by atoms with Crippen LogP contribution in [0.15, 0.2) is 0 Å². The Morgan fingerprint density at radius 3 is 2.60 bits per heavy atom. The van der Waals surface area contributed by atoms with E-state index in [1.807, 2.05) is 14.1 Å². The molecule has 1 rings (SSSR count). The first-order valence-electron chi connectivity index (χ1n) is 6.83. The fraction of sp³-hybridized carbons (Fsp3) is 0.692. The van der Waals surface area contributed by atoms with Gasteiger partial charge in [-0.15, -0.1) is 0 Å². The molecule has 0 aromatic carbocycles. The van der Waals surface area contributed by atoms with Crippen molar-refractivity contribution in [1.82, 2.24) is 9.27 Å². The van der Waals surface area contributed by atoms with Crippen molar-refractivity contribution in [2.24, 2.45) is 0 Å². The molecule has 2 N–H and O–H groups in total. The Balaban J connectivity index is 2.84. The van der Waals surface area contributed by atoms with Gasteiger partial charge in [0.25, 0.3) is 0 Å². The highest BCUT2D eigenvalue weighted by Gasteiger charge is 2.23. The molecule has 1 heterocycles. The van der Waals surface area contributed by atoms with Crippen LogP contribution < -0.4 is 10.6 Å². The summed E-state index contributed by atoms with van der Waals surface area (Å²) in [7, 11) is 4.09. The van der Waals surface area contributed by atoms with Gasteiger partial charge in [-0.3, -0.25) is 0 Å². The molecule has 0 aliphatic rings. The van der Waals surface area contributed by atoms with Crippen LogP contribution in [0.2, 0.25) is 0 Å². The first-order valence-corrected chi connectivity index (χ1v) is 7.60. The number of anilines is 2. The van der Waals surface area contributed by atoms with Gasteiger partial charge < -0.3 is 20.3 Å². The zero-order chi connectivity index (χ0) is 15.1. The third-order valence-electron chi connectivity index (χ3n) is 2.88. The van der Waals surface area contributed by atoms with Gasteiger partial charge >= 0.3 is 5.97 Å². The van der Waals surface area contributed by atoms with E-state index < -0.39 is 0 Å². The summed E-state index contributed by atoms with van der Waals surface area (Å²) in [4.78, 5) is 16.2. The molecule has 1 aromatic rings. The summed E-state index contributed by atoms with van der Waals surface area (Å²) >= 11 is 1.26. The van der Waals surface area contributed by atoms with Crippen LogP contribution >= 0.6 is 11.5 Å². The van der Waals surface area contributed by atoms with E-state index in [9.17, 15) is 4.79 Å².